The van der Waals surface area contributed by atoms with Gasteiger partial charge in [-0.1, -0.05) is 6.07 Å². The first-order valence-electron chi connectivity index (χ1n) is 10.7. The topological polar surface area (TPSA) is 94.5 Å². The summed E-state index contributed by atoms with van der Waals surface area (Å²) in [6.45, 7) is 6.30. The third-order valence-corrected chi connectivity index (χ3v) is 4.80. The Hall–Kier alpha value is -3.88. The van der Waals surface area contributed by atoms with Gasteiger partial charge in [0.25, 0.3) is 5.91 Å². The van der Waals surface area contributed by atoms with Gasteiger partial charge in [-0.2, -0.15) is 0 Å². The summed E-state index contributed by atoms with van der Waals surface area (Å²) >= 11 is 0. The predicted octanol–water partition coefficient (Wildman–Crippen LogP) is 3.16. The zero-order chi connectivity index (χ0) is 23.8. The van der Waals surface area contributed by atoms with Crippen LogP contribution in [0, 0.1) is 12.7 Å². The molecule has 0 bridgehead atoms. The molecule has 0 saturated heterocycles. The maximum atomic E-state index is 14.5. The Bertz CT molecular complexity index is 1130. The molecule has 0 radical (unpaired) electrons. The fourth-order valence-electron chi connectivity index (χ4n) is 3.21. The van der Waals surface area contributed by atoms with Crippen molar-refractivity contribution in [3.8, 4) is 17.2 Å². The molecule has 3 rings (SSSR count). The quantitative estimate of drug-likeness (QED) is 0.491. The van der Waals surface area contributed by atoms with Crippen molar-refractivity contribution in [3.05, 3.63) is 71.6 Å². The zero-order valence-electron chi connectivity index (χ0n) is 18.9. The number of nitrogens with zero attached hydrogens (tertiary/aromatic N) is 2. The number of imidazole rings is 1. The highest BCUT2D eigenvalue weighted by atomic mass is 19.1. The molecule has 0 atom stereocenters. The number of carbonyl (C=O) groups is 2. The number of amides is 2. The summed E-state index contributed by atoms with van der Waals surface area (Å²) in [7, 11) is 0. The normalized spacial score (nSPS) is 10.5. The molecule has 3 aromatic rings. The van der Waals surface area contributed by atoms with E-state index in [0.717, 1.165) is 0 Å². The van der Waals surface area contributed by atoms with Crippen LogP contribution in [-0.2, 0) is 11.3 Å². The molecule has 0 aliphatic carbocycles. The summed E-state index contributed by atoms with van der Waals surface area (Å²) in [5.74, 6) is 0.459. The lowest BCUT2D eigenvalue weighted by atomic mass is 10.2. The molecule has 0 aliphatic heterocycles. The molecule has 0 saturated carbocycles. The van der Waals surface area contributed by atoms with E-state index in [1.54, 1.807) is 54.2 Å². The molecular formula is C24H27FN4O4. The third kappa shape index (κ3) is 6.09. The molecule has 1 heterocycles. The highest BCUT2D eigenvalue weighted by Crippen LogP contribution is 2.28. The van der Waals surface area contributed by atoms with Gasteiger partial charge in [-0.3, -0.25) is 9.59 Å². The van der Waals surface area contributed by atoms with E-state index >= 15 is 0 Å². The highest BCUT2D eigenvalue weighted by molar-refractivity contribution is 5.97. The average Bonchev–Trinajstić information content (AvgIpc) is 3.23. The van der Waals surface area contributed by atoms with Gasteiger partial charge >= 0.3 is 0 Å². The van der Waals surface area contributed by atoms with Crippen molar-refractivity contribution in [3.63, 3.8) is 0 Å². The summed E-state index contributed by atoms with van der Waals surface area (Å²) in [6.07, 6.45) is 3.28. The van der Waals surface area contributed by atoms with Crippen LogP contribution in [0.3, 0.4) is 0 Å². The van der Waals surface area contributed by atoms with Gasteiger partial charge in [0.05, 0.1) is 25.4 Å². The minimum Gasteiger partial charge on any atom is -0.490 e. The van der Waals surface area contributed by atoms with E-state index in [-0.39, 0.29) is 13.1 Å². The number of rotatable bonds is 10. The van der Waals surface area contributed by atoms with Gasteiger partial charge in [-0.05, 0) is 56.7 Å². The summed E-state index contributed by atoms with van der Waals surface area (Å²) in [5.41, 5.74) is 1.33. The van der Waals surface area contributed by atoms with E-state index in [4.69, 9.17) is 9.47 Å². The first-order valence-corrected chi connectivity index (χ1v) is 10.7. The van der Waals surface area contributed by atoms with Crippen LogP contribution in [0.4, 0.5) is 4.39 Å². The van der Waals surface area contributed by atoms with E-state index < -0.39 is 17.6 Å². The zero-order valence-corrected chi connectivity index (χ0v) is 18.9. The predicted molar refractivity (Wildman–Crippen MR) is 121 cm³/mol. The third-order valence-electron chi connectivity index (χ3n) is 4.80. The van der Waals surface area contributed by atoms with Crippen LogP contribution in [0.15, 0.2) is 48.8 Å². The van der Waals surface area contributed by atoms with Gasteiger partial charge < -0.3 is 24.7 Å². The molecule has 0 spiro atoms. The minimum absolute atomic E-state index is 0.131. The van der Waals surface area contributed by atoms with Crippen molar-refractivity contribution in [2.45, 2.75) is 27.3 Å². The van der Waals surface area contributed by atoms with Crippen LogP contribution in [-0.4, -0.2) is 41.1 Å². The summed E-state index contributed by atoms with van der Waals surface area (Å²) in [6, 6.07) is 9.57. The van der Waals surface area contributed by atoms with Gasteiger partial charge in [-0.15, -0.1) is 0 Å². The molecule has 0 aliphatic rings. The van der Waals surface area contributed by atoms with Gasteiger partial charge in [0.1, 0.15) is 11.6 Å². The lowest BCUT2D eigenvalue weighted by Crippen LogP contribution is -2.36. The molecule has 1 aromatic heterocycles. The second-order valence-electron chi connectivity index (χ2n) is 7.12. The number of aromatic nitrogens is 2. The summed E-state index contributed by atoms with van der Waals surface area (Å²) in [5, 5.41) is 5.24. The Morgan fingerprint density at radius 1 is 1.03 bits per heavy atom. The van der Waals surface area contributed by atoms with Crippen LogP contribution in [0.1, 0.15) is 35.6 Å². The highest BCUT2D eigenvalue weighted by Gasteiger charge is 2.13. The Balaban J connectivity index is 1.53. The molecule has 0 fully saturated rings. The molecule has 0 unspecified atom stereocenters. The molecule has 2 amide bonds. The van der Waals surface area contributed by atoms with Crippen LogP contribution in [0.25, 0.3) is 5.69 Å². The standard InChI is InChI=1S/C24H27FN4O4/c1-4-32-21-9-7-18(13-22(21)33-5-2)24(31)28-15-23(30)27-14-17-6-8-20(19(25)12-17)29-11-10-26-16(29)3/h6-13H,4-5,14-15H2,1-3H3,(H,27,30)(H,28,31). The lowest BCUT2D eigenvalue weighted by molar-refractivity contribution is -0.120. The van der Waals surface area contributed by atoms with Crippen LogP contribution < -0.4 is 20.1 Å². The maximum absolute atomic E-state index is 14.5. The number of benzene rings is 2. The van der Waals surface area contributed by atoms with E-state index in [1.165, 1.54) is 6.07 Å². The van der Waals surface area contributed by atoms with Crippen LogP contribution in [0.5, 0.6) is 11.5 Å². The number of nitrogens with one attached hydrogen (secondary N) is 2. The van der Waals surface area contributed by atoms with Gasteiger partial charge in [0.15, 0.2) is 11.5 Å². The summed E-state index contributed by atoms with van der Waals surface area (Å²) in [4.78, 5) is 28.7. The van der Waals surface area contributed by atoms with Crippen molar-refractivity contribution in [1.29, 1.82) is 0 Å². The number of hydrogen-bond donors (Lipinski definition) is 2. The fourth-order valence-corrected chi connectivity index (χ4v) is 3.21. The number of halogens is 1. The fraction of sp³-hybridized carbons (Fsp3) is 0.292. The van der Waals surface area contributed by atoms with E-state index in [0.29, 0.717) is 47.4 Å². The molecule has 9 heteroatoms. The SMILES string of the molecule is CCOc1ccc(C(=O)NCC(=O)NCc2ccc(-n3ccnc3C)c(F)c2)cc1OCC. The van der Waals surface area contributed by atoms with Gasteiger partial charge in [0, 0.05) is 24.5 Å². The largest absolute Gasteiger partial charge is 0.490 e. The maximum Gasteiger partial charge on any atom is 0.251 e. The number of hydrogen-bond acceptors (Lipinski definition) is 5. The Labute approximate surface area is 191 Å². The second kappa shape index (κ2) is 11.1. The van der Waals surface area contributed by atoms with Crippen molar-refractivity contribution < 1.29 is 23.5 Å². The van der Waals surface area contributed by atoms with Crippen molar-refractivity contribution in [2.24, 2.45) is 0 Å². The van der Waals surface area contributed by atoms with Crippen molar-refractivity contribution in [1.82, 2.24) is 20.2 Å². The first kappa shape index (κ1) is 23.8. The Morgan fingerprint density at radius 3 is 2.45 bits per heavy atom. The Morgan fingerprint density at radius 2 is 1.79 bits per heavy atom. The molecule has 2 aromatic carbocycles. The van der Waals surface area contributed by atoms with Gasteiger partial charge in [0.2, 0.25) is 5.91 Å². The first-order chi connectivity index (χ1) is 15.9. The molecule has 2 N–H and O–H groups in total. The second-order valence-corrected chi connectivity index (χ2v) is 7.12. The van der Waals surface area contributed by atoms with Crippen molar-refractivity contribution in [2.75, 3.05) is 19.8 Å². The molecule has 174 valence electrons. The van der Waals surface area contributed by atoms with Crippen LogP contribution in [0.2, 0.25) is 0 Å². The van der Waals surface area contributed by atoms with E-state index in [1.807, 2.05) is 13.8 Å². The minimum atomic E-state index is -0.420. The Kier molecular flexibility index (Phi) is 8.01. The number of ether oxygens (including phenoxy) is 2. The summed E-state index contributed by atoms with van der Waals surface area (Å²) < 4.78 is 27.1. The number of aryl methyl sites for hydroxylation is 1. The van der Waals surface area contributed by atoms with E-state index in [9.17, 15) is 14.0 Å². The van der Waals surface area contributed by atoms with Crippen LogP contribution >= 0.6 is 0 Å². The van der Waals surface area contributed by atoms with E-state index in [2.05, 4.69) is 15.6 Å². The smallest absolute Gasteiger partial charge is 0.251 e. The molecule has 33 heavy (non-hydrogen) atoms. The average molecular weight is 455 g/mol. The number of carbonyl (C=O) groups excluding carboxylic acids is 2. The monoisotopic (exact) mass is 454 g/mol. The molecule has 8 nitrogen and oxygen atoms in total. The molecular weight excluding hydrogens is 427 g/mol. The lowest BCUT2D eigenvalue weighted by Gasteiger charge is -2.13. The van der Waals surface area contributed by atoms with Crippen molar-refractivity contribution >= 4 is 11.8 Å². The van der Waals surface area contributed by atoms with Gasteiger partial charge in [-0.25, -0.2) is 9.37 Å².